The number of benzene rings is 2. The monoisotopic (exact) mass is 352 g/mol. The number of anilines is 1. The highest BCUT2D eigenvalue weighted by Gasteiger charge is 2.21. The fourth-order valence-corrected chi connectivity index (χ4v) is 3.16. The zero-order valence-electron chi connectivity index (χ0n) is 13.4. The second kappa shape index (κ2) is 5.70. The highest BCUT2D eigenvalue weighted by Crippen LogP contribution is 2.34. The number of nitrogens with zero attached hydrogens (tertiary/aromatic N) is 2. The molecule has 3 aromatic rings. The molecule has 0 bridgehead atoms. The van der Waals surface area contributed by atoms with Gasteiger partial charge in [-0.2, -0.15) is 0 Å². The van der Waals surface area contributed by atoms with Gasteiger partial charge in [-0.25, -0.2) is 9.97 Å². The van der Waals surface area contributed by atoms with Gasteiger partial charge in [0.15, 0.2) is 16.6 Å². The molecule has 126 valence electrons. The van der Waals surface area contributed by atoms with E-state index in [0.717, 1.165) is 39.3 Å². The molecule has 1 aliphatic heterocycles. The summed E-state index contributed by atoms with van der Waals surface area (Å²) in [6.07, 6.45) is 2.38. The van der Waals surface area contributed by atoms with Crippen molar-refractivity contribution in [2.24, 2.45) is 0 Å². The lowest BCUT2D eigenvalue weighted by Gasteiger charge is -2.18. The third kappa shape index (κ3) is 2.91. The normalized spacial score (nSPS) is 16.0. The molecule has 7 heteroatoms. The van der Waals surface area contributed by atoms with Crippen molar-refractivity contribution in [3.63, 3.8) is 0 Å². The van der Waals surface area contributed by atoms with E-state index in [-0.39, 0.29) is 0 Å². The number of nitrogens with one attached hydrogen (secondary N) is 2. The highest BCUT2D eigenvalue weighted by molar-refractivity contribution is 7.80. The van der Waals surface area contributed by atoms with Gasteiger partial charge in [0.05, 0.1) is 22.1 Å². The average Bonchev–Trinajstić information content (AvgIpc) is 3.42. The van der Waals surface area contributed by atoms with Crippen molar-refractivity contribution in [3.05, 3.63) is 30.3 Å². The van der Waals surface area contributed by atoms with Gasteiger partial charge in [-0.3, -0.25) is 0 Å². The molecule has 1 saturated carbocycles. The predicted octanol–water partition coefficient (Wildman–Crippen LogP) is 3.00. The van der Waals surface area contributed by atoms with Gasteiger partial charge in [0.25, 0.3) is 0 Å². The van der Waals surface area contributed by atoms with Crippen molar-refractivity contribution >= 4 is 45.1 Å². The summed E-state index contributed by atoms with van der Waals surface area (Å²) < 4.78 is 11.3. The van der Waals surface area contributed by atoms with Crippen molar-refractivity contribution in [2.75, 3.05) is 18.5 Å². The summed E-state index contributed by atoms with van der Waals surface area (Å²) in [5, 5.41) is 7.13. The van der Waals surface area contributed by atoms with Gasteiger partial charge in [-0.05, 0) is 43.3 Å². The van der Waals surface area contributed by atoms with E-state index in [2.05, 4.69) is 10.6 Å². The minimum Gasteiger partial charge on any atom is -0.486 e. The molecule has 1 aliphatic carbocycles. The molecule has 0 unspecified atom stereocenters. The number of hydrogen-bond donors (Lipinski definition) is 2. The number of thiocarbonyl (C=S) groups is 1. The summed E-state index contributed by atoms with van der Waals surface area (Å²) in [7, 11) is 0. The summed E-state index contributed by atoms with van der Waals surface area (Å²) in [4.78, 5) is 9.42. The quantitative estimate of drug-likeness (QED) is 0.543. The SMILES string of the molecule is S=C(Nc1ccc2nc3cc4c(cc3nc2c1)OCCO4)NC1CC1. The molecular formula is C18H16N4O2S. The Morgan fingerprint density at radius 1 is 0.920 bits per heavy atom. The van der Waals surface area contributed by atoms with E-state index in [1.165, 1.54) is 12.8 Å². The lowest BCUT2D eigenvalue weighted by molar-refractivity contribution is 0.172. The molecule has 0 atom stereocenters. The van der Waals surface area contributed by atoms with Crippen molar-refractivity contribution < 1.29 is 9.47 Å². The van der Waals surface area contributed by atoms with Gasteiger partial charge >= 0.3 is 0 Å². The molecule has 0 saturated heterocycles. The molecule has 2 heterocycles. The Morgan fingerprint density at radius 2 is 1.56 bits per heavy atom. The van der Waals surface area contributed by atoms with Crippen molar-refractivity contribution in [3.8, 4) is 11.5 Å². The number of hydrogen-bond acceptors (Lipinski definition) is 5. The third-order valence-corrected chi connectivity index (χ3v) is 4.49. The van der Waals surface area contributed by atoms with E-state index in [1.54, 1.807) is 0 Å². The lowest BCUT2D eigenvalue weighted by Crippen LogP contribution is -2.30. The van der Waals surface area contributed by atoms with Crippen LogP contribution in [-0.2, 0) is 0 Å². The van der Waals surface area contributed by atoms with Gasteiger partial charge in [0.1, 0.15) is 13.2 Å². The Morgan fingerprint density at radius 3 is 2.24 bits per heavy atom. The first-order valence-corrected chi connectivity index (χ1v) is 8.74. The fourth-order valence-electron chi connectivity index (χ4n) is 2.87. The summed E-state index contributed by atoms with van der Waals surface area (Å²) in [5.74, 6) is 1.44. The van der Waals surface area contributed by atoms with Gasteiger partial charge < -0.3 is 20.1 Å². The van der Waals surface area contributed by atoms with E-state index in [1.807, 2.05) is 30.3 Å². The van der Waals surface area contributed by atoms with Crippen LogP contribution in [0.2, 0.25) is 0 Å². The first-order chi connectivity index (χ1) is 12.2. The minimum absolute atomic E-state index is 0.526. The Balaban J connectivity index is 1.51. The standard InChI is InChI=1S/C18H16N4O2S/c25-18(19-10-1-2-10)20-11-3-4-12-13(7-11)22-15-9-17-16(8-14(15)21-12)23-5-6-24-17/h3-4,7-10H,1-2,5-6H2,(H2,19,20,25). The van der Waals surface area contributed by atoms with Gasteiger partial charge in [-0.15, -0.1) is 0 Å². The molecule has 5 rings (SSSR count). The molecule has 1 aromatic heterocycles. The Hall–Kier alpha value is -2.67. The van der Waals surface area contributed by atoms with Crippen molar-refractivity contribution in [1.29, 1.82) is 0 Å². The number of rotatable bonds is 2. The first kappa shape index (κ1) is 14.7. The summed E-state index contributed by atoms with van der Waals surface area (Å²) >= 11 is 5.33. The molecule has 0 radical (unpaired) electrons. The maximum absolute atomic E-state index is 5.63. The second-order valence-corrected chi connectivity index (χ2v) is 6.69. The number of aromatic nitrogens is 2. The molecule has 2 aromatic carbocycles. The van der Waals surface area contributed by atoms with Crippen LogP contribution in [0.4, 0.5) is 5.69 Å². The zero-order valence-corrected chi connectivity index (χ0v) is 14.2. The third-order valence-electron chi connectivity index (χ3n) is 4.27. The van der Waals surface area contributed by atoms with Crippen LogP contribution in [0.25, 0.3) is 22.1 Å². The number of ether oxygens (including phenoxy) is 2. The Labute approximate surface area is 149 Å². The molecular weight excluding hydrogens is 336 g/mol. The summed E-state index contributed by atoms with van der Waals surface area (Å²) in [6.45, 7) is 1.11. The topological polar surface area (TPSA) is 68.3 Å². The molecule has 0 amide bonds. The first-order valence-electron chi connectivity index (χ1n) is 8.33. The van der Waals surface area contributed by atoms with E-state index >= 15 is 0 Å². The summed E-state index contributed by atoms with van der Waals surface area (Å²) in [6, 6.07) is 10.2. The van der Waals surface area contributed by atoms with Crippen molar-refractivity contribution in [1.82, 2.24) is 15.3 Å². The van der Waals surface area contributed by atoms with E-state index in [4.69, 9.17) is 31.7 Å². The lowest BCUT2D eigenvalue weighted by atomic mass is 10.2. The molecule has 2 aliphatic rings. The van der Waals surface area contributed by atoms with E-state index in [0.29, 0.717) is 24.4 Å². The van der Waals surface area contributed by atoms with Crippen LogP contribution >= 0.6 is 12.2 Å². The Bertz CT molecular complexity index is 1000. The van der Waals surface area contributed by atoms with Crippen LogP contribution in [-0.4, -0.2) is 34.3 Å². The van der Waals surface area contributed by atoms with Crippen LogP contribution in [0.3, 0.4) is 0 Å². The van der Waals surface area contributed by atoms with Crippen LogP contribution in [0.5, 0.6) is 11.5 Å². The van der Waals surface area contributed by atoms with Crippen LogP contribution < -0.4 is 20.1 Å². The van der Waals surface area contributed by atoms with E-state index in [9.17, 15) is 0 Å². The smallest absolute Gasteiger partial charge is 0.170 e. The zero-order chi connectivity index (χ0) is 16.8. The molecule has 2 N–H and O–H groups in total. The maximum Gasteiger partial charge on any atom is 0.170 e. The maximum atomic E-state index is 5.63. The summed E-state index contributed by atoms with van der Waals surface area (Å²) in [5.41, 5.74) is 4.12. The average molecular weight is 352 g/mol. The van der Waals surface area contributed by atoms with Gasteiger partial charge in [0.2, 0.25) is 0 Å². The molecule has 25 heavy (non-hydrogen) atoms. The largest absolute Gasteiger partial charge is 0.486 e. The molecule has 6 nitrogen and oxygen atoms in total. The van der Waals surface area contributed by atoms with Crippen molar-refractivity contribution in [2.45, 2.75) is 18.9 Å². The molecule has 1 fully saturated rings. The van der Waals surface area contributed by atoms with Crippen LogP contribution in [0.15, 0.2) is 30.3 Å². The van der Waals surface area contributed by atoms with Crippen LogP contribution in [0.1, 0.15) is 12.8 Å². The molecule has 0 spiro atoms. The van der Waals surface area contributed by atoms with Crippen LogP contribution in [0, 0.1) is 0 Å². The Kier molecular flexibility index (Phi) is 3.34. The fraction of sp³-hybridized carbons (Fsp3) is 0.278. The predicted molar refractivity (Wildman–Crippen MR) is 100 cm³/mol. The number of fused-ring (bicyclic) bond motifs is 3. The van der Waals surface area contributed by atoms with Gasteiger partial charge in [0, 0.05) is 23.9 Å². The van der Waals surface area contributed by atoms with Gasteiger partial charge in [-0.1, -0.05) is 0 Å². The second-order valence-electron chi connectivity index (χ2n) is 6.28. The highest BCUT2D eigenvalue weighted by atomic mass is 32.1. The minimum atomic E-state index is 0.526. The van der Waals surface area contributed by atoms with E-state index < -0.39 is 0 Å².